The molecule has 0 aliphatic heterocycles. The fourth-order valence-corrected chi connectivity index (χ4v) is 2.18. The Morgan fingerprint density at radius 1 is 1.12 bits per heavy atom. The zero-order chi connectivity index (χ0) is 16.8. The van der Waals surface area contributed by atoms with E-state index < -0.39 is 0 Å². The van der Waals surface area contributed by atoms with Gasteiger partial charge in [0.1, 0.15) is 5.82 Å². The molecule has 1 heterocycles. The number of carbonyl (C=O) groups excluding carboxylic acids is 1. The lowest BCUT2D eigenvalue weighted by molar-refractivity contribution is -0.116. The van der Waals surface area contributed by atoms with E-state index in [9.17, 15) is 9.18 Å². The highest BCUT2D eigenvalue weighted by molar-refractivity contribution is 5.91. The van der Waals surface area contributed by atoms with E-state index in [1.807, 2.05) is 36.5 Å². The van der Waals surface area contributed by atoms with Gasteiger partial charge in [0.15, 0.2) is 0 Å². The summed E-state index contributed by atoms with van der Waals surface area (Å²) < 4.78 is 14.6. The van der Waals surface area contributed by atoms with Crippen LogP contribution >= 0.6 is 0 Å². The molecule has 0 aliphatic rings. The normalized spacial score (nSPS) is 10.9. The maximum atomic E-state index is 12.8. The van der Waals surface area contributed by atoms with Gasteiger partial charge in [-0.1, -0.05) is 24.3 Å². The van der Waals surface area contributed by atoms with Gasteiger partial charge >= 0.3 is 0 Å². The average Bonchev–Trinajstić information content (AvgIpc) is 3.14. The molecule has 120 valence electrons. The summed E-state index contributed by atoms with van der Waals surface area (Å²) >= 11 is 0. The molecule has 0 bridgehead atoms. The molecule has 0 saturated heterocycles. The van der Waals surface area contributed by atoms with Crippen molar-refractivity contribution in [3.8, 4) is 5.69 Å². The van der Waals surface area contributed by atoms with Crippen molar-refractivity contribution >= 4 is 12.0 Å². The molecule has 0 saturated carbocycles. The van der Waals surface area contributed by atoms with Gasteiger partial charge in [-0.05, 0) is 47.5 Å². The predicted molar refractivity (Wildman–Crippen MR) is 90.8 cm³/mol. The van der Waals surface area contributed by atoms with Crippen molar-refractivity contribution in [3.63, 3.8) is 0 Å². The zero-order valence-electron chi connectivity index (χ0n) is 12.9. The minimum atomic E-state index is -0.296. The quantitative estimate of drug-likeness (QED) is 0.733. The van der Waals surface area contributed by atoms with Crippen molar-refractivity contribution in [1.82, 2.24) is 15.1 Å². The van der Waals surface area contributed by atoms with E-state index >= 15 is 0 Å². The van der Waals surface area contributed by atoms with Crippen LogP contribution in [0.4, 0.5) is 4.39 Å². The van der Waals surface area contributed by atoms with E-state index in [1.54, 1.807) is 29.1 Å². The average molecular weight is 321 g/mol. The maximum Gasteiger partial charge on any atom is 0.244 e. The van der Waals surface area contributed by atoms with Gasteiger partial charge in [0.05, 0.1) is 5.69 Å². The monoisotopic (exact) mass is 321 g/mol. The van der Waals surface area contributed by atoms with Crippen LogP contribution in [0.2, 0.25) is 0 Å². The Bertz CT molecular complexity index is 822. The topological polar surface area (TPSA) is 46.9 Å². The molecular weight excluding hydrogens is 305 g/mol. The first-order valence-electron chi connectivity index (χ1n) is 7.51. The van der Waals surface area contributed by atoms with E-state index in [1.165, 1.54) is 18.2 Å². The third-order valence-corrected chi connectivity index (χ3v) is 3.47. The summed E-state index contributed by atoms with van der Waals surface area (Å²) in [6.07, 6.45) is 6.68. The predicted octanol–water partition coefficient (Wildman–Crippen LogP) is 3.34. The SMILES string of the molecule is O=C(/C=C/c1ccc(F)cc1)NCc1ccc(-n2cccn2)cc1. The highest BCUT2D eigenvalue weighted by atomic mass is 19.1. The number of hydrogen-bond donors (Lipinski definition) is 1. The molecule has 0 radical (unpaired) electrons. The van der Waals surface area contributed by atoms with Crippen molar-refractivity contribution in [2.24, 2.45) is 0 Å². The van der Waals surface area contributed by atoms with Crippen LogP contribution in [0, 0.1) is 5.82 Å². The number of nitrogens with zero attached hydrogens (tertiary/aromatic N) is 2. The Morgan fingerprint density at radius 3 is 2.54 bits per heavy atom. The van der Waals surface area contributed by atoms with Gasteiger partial charge in [-0.2, -0.15) is 5.10 Å². The third-order valence-electron chi connectivity index (χ3n) is 3.47. The first-order valence-corrected chi connectivity index (χ1v) is 7.51. The lowest BCUT2D eigenvalue weighted by Crippen LogP contribution is -2.20. The molecule has 0 aliphatic carbocycles. The molecular formula is C19H16FN3O. The van der Waals surface area contributed by atoms with Crippen molar-refractivity contribution < 1.29 is 9.18 Å². The van der Waals surface area contributed by atoms with E-state index in [4.69, 9.17) is 0 Å². The highest BCUT2D eigenvalue weighted by Gasteiger charge is 1.99. The lowest BCUT2D eigenvalue weighted by atomic mass is 10.2. The molecule has 4 nitrogen and oxygen atoms in total. The number of aromatic nitrogens is 2. The van der Waals surface area contributed by atoms with Crippen LogP contribution in [0.3, 0.4) is 0 Å². The van der Waals surface area contributed by atoms with Crippen LogP contribution in [0.5, 0.6) is 0 Å². The first kappa shape index (κ1) is 15.7. The van der Waals surface area contributed by atoms with Gasteiger partial charge in [0, 0.05) is 25.0 Å². The fraction of sp³-hybridized carbons (Fsp3) is 0.0526. The van der Waals surface area contributed by atoms with Crippen LogP contribution < -0.4 is 5.32 Å². The molecule has 3 aromatic rings. The molecule has 1 aromatic heterocycles. The van der Waals surface area contributed by atoms with Gasteiger partial charge < -0.3 is 5.32 Å². The molecule has 0 atom stereocenters. The van der Waals surface area contributed by atoms with Gasteiger partial charge in [0.25, 0.3) is 0 Å². The van der Waals surface area contributed by atoms with Crippen molar-refractivity contribution in [1.29, 1.82) is 0 Å². The minimum Gasteiger partial charge on any atom is -0.348 e. The second-order valence-electron chi connectivity index (χ2n) is 5.22. The second kappa shape index (κ2) is 7.37. The van der Waals surface area contributed by atoms with E-state index in [0.29, 0.717) is 6.54 Å². The molecule has 24 heavy (non-hydrogen) atoms. The van der Waals surface area contributed by atoms with Gasteiger partial charge in [-0.3, -0.25) is 4.79 Å². The van der Waals surface area contributed by atoms with Gasteiger partial charge in [0.2, 0.25) is 5.91 Å². The molecule has 5 heteroatoms. The number of nitrogens with one attached hydrogen (secondary N) is 1. The Labute approximate surface area is 139 Å². The van der Waals surface area contributed by atoms with Crippen LogP contribution in [-0.2, 0) is 11.3 Å². The highest BCUT2D eigenvalue weighted by Crippen LogP contribution is 2.08. The molecule has 2 aromatic carbocycles. The molecule has 0 unspecified atom stereocenters. The largest absolute Gasteiger partial charge is 0.348 e. The van der Waals surface area contributed by atoms with Crippen LogP contribution in [0.1, 0.15) is 11.1 Å². The van der Waals surface area contributed by atoms with Crippen LogP contribution in [-0.4, -0.2) is 15.7 Å². The Hall–Kier alpha value is -3.21. The van der Waals surface area contributed by atoms with Crippen LogP contribution in [0.15, 0.2) is 73.1 Å². The summed E-state index contributed by atoms with van der Waals surface area (Å²) in [7, 11) is 0. The molecule has 0 spiro atoms. The number of benzene rings is 2. The number of hydrogen-bond acceptors (Lipinski definition) is 2. The second-order valence-corrected chi connectivity index (χ2v) is 5.22. The Balaban J connectivity index is 1.53. The lowest BCUT2D eigenvalue weighted by Gasteiger charge is -2.05. The van der Waals surface area contributed by atoms with Crippen molar-refractivity contribution in [2.75, 3.05) is 0 Å². The Morgan fingerprint density at radius 2 is 1.88 bits per heavy atom. The van der Waals surface area contributed by atoms with E-state index in [0.717, 1.165) is 16.8 Å². The summed E-state index contributed by atoms with van der Waals surface area (Å²) in [6, 6.07) is 15.6. The molecule has 1 amide bonds. The summed E-state index contributed by atoms with van der Waals surface area (Å²) in [5, 5.41) is 6.98. The number of carbonyl (C=O) groups is 1. The van der Waals surface area contributed by atoms with Crippen LogP contribution in [0.25, 0.3) is 11.8 Å². The minimum absolute atomic E-state index is 0.199. The molecule has 1 N–H and O–H groups in total. The summed E-state index contributed by atoms with van der Waals surface area (Å²) in [5.74, 6) is -0.495. The summed E-state index contributed by atoms with van der Waals surface area (Å²) in [6.45, 7) is 0.436. The third kappa shape index (κ3) is 4.16. The summed E-state index contributed by atoms with van der Waals surface area (Å²) in [4.78, 5) is 11.8. The molecule has 0 fully saturated rings. The number of amides is 1. The van der Waals surface area contributed by atoms with Gasteiger partial charge in [-0.25, -0.2) is 9.07 Å². The zero-order valence-corrected chi connectivity index (χ0v) is 12.9. The number of halogens is 1. The van der Waals surface area contributed by atoms with Crippen molar-refractivity contribution in [2.45, 2.75) is 6.54 Å². The maximum absolute atomic E-state index is 12.8. The smallest absolute Gasteiger partial charge is 0.244 e. The standard InChI is InChI=1S/C19H16FN3O/c20-17-7-2-15(3-8-17)6-11-19(24)21-14-16-4-9-18(10-5-16)23-13-1-12-22-23/h1-13H,14H2,(H,21,24)/b11-6+. The summed E-state index contributed by atoms with van der Waals surface area (Å²) in [5.41, 5.74) is 2.73. The Kier molecular flexibility index (Phi) is 4.81. The number of rotatable bonds is 5. The fourth-order valence-electron chi connectivity index (χ4n) is 2.18. The molecule has 3 rings (SSSR count). The van der Waals surface area contributed by atoms with Crippen molar-refractivity contribution in [3.05, 3.63) is 90.0 Å². The van der Waals surface area contributed by atoms with Gasteiger partial charge in [-0.15, -0.1) is 0 Å². The first-order chi connectivity index (χ1) is 11.7. The van der Waals surface area contributed by atoms with E-state index in [2.05, 4.69) is 10.4 Å². The van der Waals surface area contributed by atoms with E-state index in [-0.39, 0.29) is 11.7 Å².